The molecule has 158 valence electrons. The SMILES string of the molecule is CCCCOc1ccc(S(=O)(=O)N2CCN(c3ccc(OC)cc3)C(C)C2)cc1. The summed E-state index contributed by atoms with van der Waals surface area (Å²) in [7, 11) is -1.88. The van der Waals surface area contributed by atoms with Gasteiger partial charge in [-0.25, -0.2) is 8.42 Å². The first kappa shape index (κ1) is 21.5. The molecule has 2 aromatic rings. The van der Waals surface area contributed by atoms with E-state index in [0.717, 1.165) is 24.3 Å². The molecular formula is C22H30N2O4S. The average molecular weight is 419 g/mol. The van der Waals surface area contributed by atoms with Crippen LogP contribution >= 0.6 is 0 Å². The van der Waals surface area contributed by atoms with Gasteiger partial charge < -0.3 is 14.4 Å². The van der Waals surface area contributed by atoms with E-state index < -0.39 is 10.0 Å². The Labute approximate surface area is 174 Å². The molecule has 1 unspecified atom stereocenters. The van der Waals surface area contributed by atoms with Gasteiger partial charge in [-0.1, -0.05) is 13.3 Å². The van der Waals surface area contributed by atoms with E-state index in [1.807, 2.05) is 24.3 Å². The van der Waals surface area contributed by atoms with Gasteiger partial charge in [-0.3, -0.25) is 0 Å². The van der Waals surface area contributed by atoms with Crippen molar-refractivity contribution in [3.63, 3.8) is 0 Å². The van der Waals surface area contributed by atoms with Crippen LogP contribution in [0.15, 0.2) is 53.4 Å². The molecule has 1 aliphatic heterocycles. The second-order valence-electron chi connectivity index (χ2n) is 7.28. The lowest BCUT2D eigenvalue weighted by atomic mass is 10.2. The van der Waals surface area contributed by atoms with Crippen molar-refractivity contribution in [3.8, 4) is 11.5 Å². The lowest BCUT2D eigenvalue weighted by Crippen LogP contribution is -2.53. The molecular weight excluding hydrogens is 388 g/mol. The Hall–Kier alpha value is -2.25. The highest BCUT2D eigenvalue weighted by molar-refractivity contribution is 7.89. The third kappa shape index (κ3) is 5.03. The number of sulfonamides is 1. The van der Waals surface area contributed by atoms with E-state index in [1.165, 1.54) is 0 Å². The van der Waals surface area contributed by atoms with Crippen molar-refractivity contribution in [2.45, 2.75) is 37.6 Å². The van der Waals surface area contributed by atoms with Crippen LogP contribution in [-0.2, 0) is 10.0 Å². The average Bonchev–Trinajstić information content (AvgIpc) is 2.74. The minimum Gasteiger partial charge on any atom is -0.497 e. The maximum absolute atomic E-state index is 13.1. The number of benzene rings is 2. The van der Waals surface area contributed by atoms with Gasteiger partial charge in [0.05, 0.1) is 18.6 Å². The van der Waals surface area contributed by atoms with Crippen molar-refractivity contribution in [2.24, 2.45) is 0 Å². The quantitative estimate of drug-likeness (QED) is 0.611. The van der Waals surface area contributed by atoms with Crippen LogP contribution in [0.1, 0.15) is 26.7 Å². The number of ether oxygens (including phenoxy) is 2. The predicted molar refractivity (Wildman–Crippen MR) is 115 cm³/mol. The zero-order chi connectivity index (χ0) is 20.9. The number of rotatable bonds is 8. The molecule has 1 heterocycles. The van der Waals surface area contributed by atoms with E-state index in [0.29, 0.717) is 36.9 Å². The highest BCUT2D eigenvalue weighted by Gasteiger charge is 2.32. The van der Waals surface area contributed by atoms with Gasteiger partial charge >= 0.3 is 0 Å². The fourth-order valence-electron chi connectivity index (χ4n) is 3.49. The van der Waals surface area contributed by atoms with E-state index in [9.17, 15) is 8.42 Å². The molecule has 6 nitrogen and oxygen atoms in total. The lowest BCUT2D eigenvalue weighted by Gasteiger charge is -2.40. The van der Waals surface area contributed by atoms with Crippen LogP contribution in [0, 0.1) is 0 Å². The highest BCUT2D eigenvalue weighted by Crippen LogP contribution is 2.27. The number of unbranched alkanes of at least 4 members (excludes halogenated alkanes) is 1. The Balaban J connectivity index is 1.66. The topological polar surface area (TPSA) is 59.1 Å². The van der Waals surface area contributed by atoms with Crippen LogP contribution in [0.4, 0.5) is 5.69 Å². The van der Waals surface area contributed by atoms with Crippen LogP contribution in [-0.4, -0.2) is 52.1 Å². The van der Waals surface area contributed by atoms with E-state index in [-0.39, 0.29) is 6.04 Å². The van der Waals surface area contributed by atoms with Crippen LogP contribution < -0.4 is 14.4 Å². The summed E-state index contributed by atoms with van der Waals surface area (Å²) in [6.07, 6.45) is 2.05. The van der Waals surface area contributed by atoms with E-state index in [4.69, 9.17) is 9.47 Å². The van der Waals surface area contributed by atoms with Crippen LogP contribution in [0.25, 0.3) is 0 Å². The molecule has 0 saturated carbocycles. The van der Waals surface area contributed by atoms with Gasteiger partial charge in [-0.15, -0.1) is 0 Å². The molecule has 1 aliphatic rings. The Kier molecular flexibility index (Phi) is 7.03. The van der Waals surface area contributed by atoms with Crippen molar-refractivity contribution < 1.29 is 17.9 Å². The predicted octanol–water partition coefficient (Wildman–Crippen LogP) is 3.77. The minimum atomic E-state index is -3.52. The molecule has 0 amide bonds. The Morgan fingerprint density at radius 2 is 1.66 bits per heavy atom. The first-order valence-electron chi connectivity index (χ1n) is 10.1. The van der Waals surface area contributed by atoms with Crippen molar-refractivity contribution >= 4 is 15.7 Å². The molecule has 1 atom stereocenters. The molecule has 1 fully saturated rings. The largest absolute Gasteiger partial charge is 0.497 e. The van der Waals surface area contributed by atoms with Gasteiger partial charge in [0.25, 0.3) is 0 Å². The van der Waals surface area contributed by atoms with Crippen molar-refractivity contribution in [1.29, 1.82) is 0 Å². The number of nitrogens with zero attached hydrogens (tertiary/aromatic N) is 2. The molecule has 7 heteroatoms. The molecule has 2 aromatic carbocycles. The number of anilines is 1. The van der Waals surface area contributed by atoms with E-state index >= 15 is 0 Å². The summed E-state index contributed by atoms with van der Waals surface area (Å²) in [5.41, 5.74) is 1.07. The summed E-state index contributed by atoms with van der Waals surface area (Å²) in [5, 5.41) is 0. The molecule has 1 saturated heterocycles. The van der Waals surface area contributed by atoms with Crippen molar-refractivity contribution in [2.75, 3.05) is 38.3 Å². The molecule has 0 aliphatic carbocycles. The monoisotopic (exact) mass is 418 g/mol. The molecule has 0 radical (unpaired) electrons. The summed E-state index contributed by atoms with van der Waals surface area (Å²) < 4.78 is 38.6. The highest BCUT2D eigenvalue weighted by atomic mass is 32.2. The molecule has 0 aromatic heterocycles. The van der Waals surface area contributed by atoms with Gasteiger partial charge in [0.1, 0.15) is 11.5 Å². The summed E-state index contributed by atoms with van der Waals surface area (Å²) in [5.74, 6) is 1.51. The van der Waals surface area contributed by atoms with Crippen molar-refractivity contribution in [1.82, 2.24) is 4.31 Å². The maximum atomic E-state index is 13.1. The molecule has 29 heavy (non-hydrogen) atoms. The number of methoxy groups -OCH3 is 1. The first-order chi connectivity index (χ1) is 14.0. The second-order valence-corrected chi connectivity index (χ2v) is 9.21. The fraction of sp³-hybridized carbons (Fsp3) is 0.455. The van der Waals surface area contributed by atoms with Gasteiger partial charge in [-0.05, 0) is 61.9 Å². The van der Waals surface area contributed by atoms with Gasteiger partial charge in [-0.2, -0.15) is 4.31 Å². The molecule has 0 bridgehead atoms. The zero-order valence-corrected chi connectivity index (χ0v) is 18.2. The Morgan fingerprint density at radius 1 is 1.00 bits per heavy atom. The second kappa shape index (κ2) is 9.50. The summed E-state index contributed by atoms with van der Waals surface area (Å²) >= 11 is 0. The maximum Gasteiger partial charge on any atom is 0.243 e. The number of hydrogen-bond acceptors (Lipinski definition) is 5. The summed E-state index contributed by atoms with van der Waals surface area (Å²) in [6.45, 7) is 6.35. The van der Waals surface area contributed by atoms with Crippen LogP contribution in [0.5, 0.6) is 11.5 Å². The van der Waals surface area contributed by atoms with Gasteiger partial charge in [0.2, 0.25) is 10.0 Å². The first-order valence-corrected chi connectivity index (χ1v) is 11.5. The Morgan fingerprint density at radius 3 is 2.24 bits per heavy atom. The Bertz CT molecular complexity index is 882. The summed E-state index contributed by atoms with van der Waals surface area (Å²) in [4.78, 5) is 2.54. The summed E-state index contributed by atoms with van der Waals surface area (Å²) in [6, 6.07) is 14.7. The molecule has 3 rings (SSSR count). The third-order valence-corrected chi connectivity index (χ3v) is 7.10. The molecule has 0 spiro atoms. The van der Waals surface area contributed by atoms with E-state index in [1.54, 1.807) is 35.7 Å². The van der Waals surface area contributed by atoms with E-state index in [2.05, 4.69) is 18.7 Å². The fourth-order valence-corrected chi connectivity index (χ4v) is 5.00. The normalized spacial score (nSPS) is 17.9. The minimum absolute atomic E-state index is 0.0728. The van der Waals surface area contributed by atoms with Crippen LogP contribution in [0.3, 0.4) is 0 Å². The number of hydrogen-bond donors (Lipinski definition) is 0. The number of piperazine rings is 1. The molecule has 0 N–H and O–H groups in total. The van der Waals surface area contributed by atoms with Crippen molar-refractivity contribution in [3.05, 3.63) is 48.5 Å². The van der Waals surface area contributed by atoms with Crippen LogP contribution in [0.2, 0.25) is 0 Å². The zero-order valence-electron chi connectivity index (χ0n) is 17.4. The smallest absolute Gasteiger partial charge is 0.243 e. The third-order valence-electron chi connectivity index (χ3n) is 5.22. The van der Waals surface area contributed by atoms with Gasteiger partial charge in [0.15, 0.2) is 0 Å². The lowest BCUT2D eigenvalue weighted by molar-refractivity contribution is 0.309. The standard InChI is InChI=1S/C22H30N2O4S/c1-4-5-16-28-21-10-12-22(13-11-21)29(25,26)23-14-15-24(18(2)17-23)19-6-8-20(27-3)9-7-19/h6-13,18H,4-5,14-17H2,1-3H3. The van der Waals surface area contributed by atoms with Gasteiger partial charge in [0, 0.05) is 31.4 Å².